The maximum absolute atomic E-state index is 13.4. The van der Waals surface area contributed by atoms with Gasteiger partial charge in [0.05, 0.1) is 33.8 Å². The number of amides is 2. The van der Waals surface area contributed by atoms with Crippen molar-refractivity contribution in [3.05, 3.63) is 47.8 Å². The summed E-state index contributed by atoms with van der Waals surface area (Å²) < 4.78 is 25.3. The first-order valence-electron chi connectivity index (χ1n) is 12.1. The Labute approximate surface area is 211 Å². The fourth-order valence-corrected chi connectivity index (χ4v) is 5.12. The van der Waals surface area contributed by atoms with Gasteiger partial charge in [-0.1, -0.05) is 12.1 Å². The molecule has 0 saturated carbocycles. The van der Waals surface area contributed by atoms with Gasteiger partial charge in [0.15, 0.2) is 15.5 Å². The lowest BCUT2D eigenvalue weighted by Gasteiger charge is -2.32. The van der Waals surface area contributed by atoms with E-state index in [1.165, 1.54) is 0 Å². The molecule has 1 fully saturated rings. The summed E-state index contributed by atoms with van der Waals surface area (Å²) >= 11 is 0. The topological polar surface area (TPSA) is 126 Å². The molecule has 192 valence electrons. The number of nitrogens with one attached hydrogen (secondary N) is 2. The van der Waals surface area contributed by atoms with E-state index >= 15 is 0 Å². The van der Waals surface area contributed by atoms with E-state index in [0.717, 1.165) is 30.0 Å². The number of aryl methyl sites for hydroxylation is 1. The number of nitrogens with zero attached hydrogens (tertiary/aromatic N) is 4. The number of benzene rings is 1. The van der Waals surface area contributed by atoms with Crippen molar-refractivity contribution in [2.75, 3.05) is 24.7 Å². The molecule has 2 amide bonds. The number of likely N-dealkylation sites (tertiary alicyclic amines) is 1. The second-order valence-electron chi connectivity index (χ2n) is 9.21. The standard InChI is InChI=1S/C25H32N6O4S/c1-5-31-24-21(15-27-31)23(29-19-10-12-30(13-11-19)17(3)32)22(14-26-24)25(33)28-16(2)18-6-8-20(9-7-18)36(4,34)35/h6-9,14-16,19H,5,10-13H2,1-4H3,(H,26,29)(H,28,33). The van der Waals surface area contributed by atoms with Crippen molar-refractivity contribution in [2.24, 2.45) is 0 Å². The molecule has 0 radical (unpaired) electrons. The Bertz CT molecular complexity index is 1380. The van der Waals surface area contributed by atoms with Crippen LogP contribution in [0.3, 0.4) is 0 Å². The van der Waals surface area contributed by atoms with Gasteiger partial charge in [0.1, 0.15) is 0 Å². The maximum atomic E-state index is 13.4. The number of pyridine rings is 1. The van der Waals surface area contributed by atoms with E-state index in [-0.39, 0.29) is 28.8 Å². The van der Waals surface area contributed by atoms with Gasteiger partial charge in [0.25, 0.3) is 5.91 Å². The molecule has 36 heavy (non-hydrogen) atoms. The molecular weight excluding hydrogens is 480 g/mol. The Morgan fingerprint density at radius 3 is 2.39 bits per heavy atom. The quantitative estimate of drug-likeness (QED) is 0.498. The normalized spacial score (nSPS) is 15.6. The van der Waals surface area contributed by atoms with Crippen LogP contribution in [0.5, 0.6) is 0 Å². The molecule has 0 spiro atoms. The lowest BCUT2D eigenvalue weighted by Crippen LogP contribution is -2.41. The molecule has 3 aromatic rings. The summed E-state index contributed by atoms with van der Waals surface area (Å²) in [6, 6.07) is 6.24. The number of hydrogen-bond donors (Lipinski definition) is 2. The molecule has 4 rings (SSSR count). The van der Waals surface area contributed by atoms with E-state index in [2.05, 4.69) is 20.7 Å². The van der Waals surface area contributed by atoms with E-state index in [1.807, 2.05) is 18.7 Å². The number of fused-ring (bicyclic) bond motifs is 1. The number of carbonyl (C=O) groups is 2. The van der Waals surface area contributed by atoms with Crippen LogP contribution >= 0.6 is 0 Å². The Morgan fingerprint density at radius 1 is 1.14 bits per heavy atom. The first kappa shape index (κ1) is 25.6. The van der Waals surface area contributed by atoms with Gasteiger partial charge in [0, 0.05) is 45.1 Å². The number of hydrogen-bond acceptors (Lipinski definition) is 7. The van der Waals surface area contributed by atoms with Gasteiger partial charge in [-0.25, -0.2) is 18.1 Å². The number of sulfone groups is 1. The minimum Gasteiger partial charge on any atom is -0.381 e. The zero-order valence-corrected chi connectivity index (χ0v) is 21.8. The van der Waals surface area contributed by atoms with Crippen molar-refractivity contribution in [2.45, 2.75) is 57.1 Å². The number of aromatic nitrogens is 3. The fourth-order valence-electron chi connectivity index (χ4n) is 4.49. The fraction of sp³-hybridized carbons (Fsp3) is 0.440. The third-order valence-electron chi connectivity index (χ3n) is 6.65. The van der Waals surface area contributed by atoms with Crippen molar-refractivity contribution in [1.82, 2.24) is 25.0 Å². The third-order valence-corrected chi connectivity index (χ3v) is 7.78. The molecule has 0 bridgehead atoms. The van der Waals surface area contributed by atoms with Crippen molar-refractivity contribution >= 4 is 38.4 Å². The second kappa shape index (κ2) is 10.3. The minimum absolute atomic E-state index is 0.0718. The largest absolute Gasteiger partial charge is 0.381 e. The molecule has 1 saturated heterocycles. The monoisotopic (exact) mass is 512 g/mol. The summed E-state index contributed by atoms with van der Waals surface area (Å²) in [6.45, 7) is 7.39. The minimum atomic E-state index is -3.29. The molecule has 11 heteroatoms. The van der Waals surface area contributed by atoms with Crippen LogP contribution in [0.25, 0.3) is 11.0 Å². The number of rotatable bonds is 7. The highest BCUT2D eigenvalue weighted by atomic mass is 32.2. The summed E-state index contributed by atoms with van der Waals surface area (Å²) in [5.74, 6) is -0.223. The molecule has 1 aliphatic heterocycles. The lowest BCUT2D eigenvalue weighted by molar-refractivity contribution is -0.129. The van der Waals surface area contributed by atoms with Crippen molar-refractivity contribution in [3.63, 3.8) is 0 Å². The van der Waals surface area contributed by atoms with Crippen molar-refractivity contribution in [1.29, 1.82) is 0 Å². The van der Waals surface area contributed by atoms with E-state index in [0.29, 0.717) is 36.5 Å². The highest BCUT2D eigenvalue weighted by Gasteiger charge is 2.25. The van der Waals surface area contributed by atoms with Crippen LogP contribution in [-0.4, -0.2) is 65.3 Å². The summed E-state index contributed by atoms with van der Waals surface area (Å²) in [7, 11) is -3.29. The third kappa shape index (κ3) is 5.35. The molecule has 10 nitrogen and oxygen atoms in total. The summed E-state index contributed by atoms with van der Waals surface area (Å²) in [5, 5.41) is 11.7. The molecule has 0 aliphatic carbocycles. The average molecular weight is 513 g/mol. The molecule has 3 heterocycles. The predicted molar refractivity (Wildman–Crippen MR) is 138 cm³/mol. The Morgan fingerprint density at radius 2 is 1.81 bits per heavy atom. The van der Waals surface area contributed by atoms with Gasteiger partial charge in [-0.3, -0.25) is 9.59 Å². The highest BCUT2D eigenvalue weighted by molar-refractivity contribution is 7.90. The Hall–Kier alpha value is -3.47. The molecule has 1 aromatic carbocycles. The van der Waals surface area contributed by atoms with Gasteiger partial charge < -0.3 is 15.5 Å². The second-order valence-corrected chi connectivity index (χ2v) is 11.2. The zero-order chi connectivity index (χ0) is 26.0. The molecular formula is C25H32N6O4S. The first-order valence-corrected chi connectivity index (χ1v) is 13.9. The smallest absolute Gasteiger partial charge is 0.255 e. The SMILES string of the molecule is CCn1ncc2c(NC3CCN(C(C)=O)CC3)c(C(=O)NC(C)c3ccc(S(C)(=O)=O)cc3)cnc21. The predicted octanol–water partition coefficient (Wildman–Crippen LogP) is 2.77. The molecule has 2 N–H and O–H groups in total. The van der Waals surface area contributed by atoms with Crippen LogP contribution in [0.1, 0.15) is 55.6 Å². The average Bonchev–Trinajstić information content (AvgIpc) is 3.27. The Kier molecular flexibility index (Phi) is 7.30. The number of anilines is 1. The summed E-state index contributed by atoms with van der Waals surface area (Å²) in [6.07, 6.45) is 6.00. The van der Waals surface area contributed by atoms with Gasteiger partial charge in [-0.05, 0) is 44.4 Å². The number of carbonyl (C=O) groups excluding carboxylic acids is 2. The van der Waals surface area contributed by atoms with Crippen LogP contribution in [0.4, 0.5) is 5.69 Å². The van der Waals surface area contributed by atoms with Crippen molar-refractivity contribution < 1.29 is 18.0 Å². The van der Waals surface area contributed by atoms with E-state index < -0.39 is 9.84 Å². The Balaban J connectivity index is 1.59. The molecule has 1 unspecified atom stereocenters. The van der Waals surface area contributed by atoms with Crippen LogP contribution in [0, 0.1) is 0 Å². The highest BCUT2D eigenvalue weighted by Crippen LogP contribution is 2.29. The maximum Gasteiger partial charge on any atom is 0.255 e. The molecule has 1 atom stereocenters. The van der Waals surface area contributed by atoms with Crippen LogP contribution < -0.4 is 10.6 Å². The van der Waals surface area contributed by atoms with Gasteiger partial charge in [0.2, 0.25) is 5.91 Å². The van der Waals surface area contributed by atoms with Gasteiger partial charge >= 0.3 is 0 Å². The first-order chi connectivity index (χ1) is 17.1. The van der Waals surface area contributed by atoms with Crippen LogP contribution in [0.15, 0.2) is 41.6 Å². The lowest BCUT2D eigenvalue weighted by atomic mass is 10.0. The van der Waals surface area contributed by atoms with E-state index in [4.69, 9.17) is 0 Å². The van der Waals surface area contributed by atoms with Gasteiger partial charge in [-0.15, -0.1) is 0 Å². The van der Waals surface area contributed by atoms with E-state index in [1.54, 1.807) is 48.3 Å². The van der Waals surface area contributed by atoms with Crippen LogP contribution in [-0.2, 0) is 21.2 Å². The molecule has 2 aromatic heterocycles. The molecule has 1 aliphatic rings. The zero-order valence-electron chi connectivity index (χ0n) is 21.0. The summed E-state index contributed by atoms with van der Waals surface area (Å²) in [5.41, 5.74) is 2.57. The van der Waals surface area contributed by atoms with Gasteiger partial charge in [-0.2, -0.15) is 5.10 Å². The van der Waals surface area contributed by atoms with Crippen molar-refractivity contribution in [3.8, 4) is 0 Å². The van der Waals surface area contributed by atoms with Crippen LogP contribution in [0.2, 0.25) is 0 Å². The number of piperidine rings is 1. The summed E-state index contributed by atoms with van der Waals surface area (Å²) in [4.78, 5) is 31.7. The van der Waals surface area contributed by atoms with E-state index in [9.17, 15) is 18.0 Å².